The summed E-state index contributed by atoms with van der Waals surface area (Å²) in [5.41, 5.74) is 2.29. The molecule has 0 atom stereocenters. The van der Waals surface area contributed by atoms with Gasteiger partial charge < -0.3 is 9.47 Å². The van der Waals surface area contributed by atoms with Crippen molar-refractivity contribution in [2.45, 2.75) is 25.7 Å². The number of benzene rings is 1. The normalized spacial score (nSPS) is 14.4. The predicted molar refractivity (Wildman–Crippen MR) is 108 cm³/mol. The van der Waals surface area contributed by atoms with E-state index in [0.717, 1.165) is 22.5 Å². The molecule has 1 aromatic carbocycles. The van der Waals surface area contributed by atoms with Gasteiger partial charge in [-0.2, -0.15) is 13.2 Å². The first-order valence-electron chi connectivity index (χ1n) is 9.33. The monoisotopic (exact) mass is 435 g/mol. The van der Waals surface area contributed by atoms with Crippen molar-refractivity contribution in [3.05, 3.63) is 58.5 Å². The first-order valence-corrected chi connectivity index (χ1v) is 10.1. The molecule has 0 fully saturated rings. The Morgan fingerprint density at radius 1 is 1.10 bits per heavy atom. The van der Waals surface area contributed by atoms with Crippen molar-refractivity contribution in [1.29, 1.82) is 0 Å². The van der Waals surface area contributed by atoms with Gasteiger partial charge in [-0.05, 0) is 35.9 Å². The zero-order valence-corrected chi connectivity index (χ0v) is 17.3. The largest absolute Gasteiger partial charge is 0.493 e. The quantitative estimate of drug-likeness (QED) is 0.576. The molecule has 0 amide bonds. The third kappa shape index (κ3) is 4.27. The van der Waals surface area contributed by atoms with Gasteiger partial charge in [-0.15, -0.1) is 11.3 Å². The minimum absolute atomic E-state index is 0.481. The summed E-state index contributed by atoms with van der Waals surface area (Å²) >= 11 is 1.68. The van der Waals surface area contributed by atoms with Gasteiger partial charge in [0.05, 0.1) is 19.9 Å². The second-order valence-corrected chi connectivity index (χ2v) is 8.13. The van der Waals surface area contributed by atoms with E-state index >= 15 is 0 Å². The van der Waals surface area contributed by atoms with Gasteiger partial charge in [0.15, 0.2) is 11.5 Å². The minimum Gasteiger partial charge on any atom is -0.493 e. The van der Waals surface area contributed by atoms with E-state index in [4.69, 9.17) is 9.47 Å². The van der Waals surface area contributed by atoms with Crippen LogP contribution in [0.25, 0.3) is 10.4 Å². The summed E-state index contributed by atoms with van der Waals surface area (Å²) in [5.74, 6) is 0.296. The lowest BCUT2D eigenvalue weighted by molar-refractivity contribution is -0.145. The van der Waals surface area contributed by atoms with Gasteiger partial charge in [0.25, 0.3) is 0 Å². The van der Waals surface area contributed by atoms with E-state index < -0.39 is 12.0 Å². The topological polar surface area (TPSA) is 47.5 Å². The molecule has 0 N–H and O–H groups in total. The molecule has 4 rings (SSSR count). The van der Waals surface area contributed by atoms with Crippen LogP contribution in [0.15, 0.2) is 36.5 Å². The zero-order chi connectivity index (χ0) is 21.3. The molecule has 2 aromatic heterocycles. The zero-order valence-electron chi connectivity index (χ0n) is 16.5. The van der Waals surface area contributed by atoms with Crippen LogP contribution < -0.4 is 9.47 Å². The van der Waals surface area contributed by atoms with Gasteiger partial charge in [-0.1, -0.05) is 0 Å². The van der Waals surface area contributed by atoms with Crippen molar-refractivity contribution in [3.8, 4) is 21.9 Å². The highest BCUT2D eigenvalue weighted by atomic mass is 32.1. The minimum atomic E-state index is -4.51. The van der Waals surface area contributed by atoms with Crippen LogP contribution in [0.2, 0.25) is 0 Å². The molecule has 0 radical (unpaired) electrons. The first kappa shape index (κ1) is 20.6. The highest BCUT2D eigenvalue weighted by Crippen LogP contribution is 2.36. The SMILES string of the molecule is COc1ccc(-c2ccc(CN3CCc4nc(C(F)(F)F)ncc4C3)s2)cc1OC. The maximum atomic E-state index is 12.8. The van der Waals surface area contributed by atoms with Crippen LogP contribution in [0.3, 0.4) is 0 Å². The van der Waals surface area contributed by atoms with Gasteiger partial charge in [-0.25, -0.2) is 9.97 Å². The molecule has 0 unspecified atom stereocenters. The average molecular weight is 435 g/mol. The van der Waals surface area contributed by atoms with E-state index in [1.165, 1.54) is 11.1 Å². The van der Waals surface area contributed by atoms with E-state index in [1.807, 2.05) is 18.2 Å². The summed E-state index contributed by atoms with van der Waals surface area (Å²) in [6, 6.07) is 9.96. The number of ether oxygens (including phenoxy) is 2. The lowest BCUT2D eigenvalue weighted by Gasteiger charge is -2.27. The molecule has 1 aliphatic rings. The third-order valence-corrected chi connectivity index (χ3v) is 6.09. The van der Waals surface area contributed by atoms with Crippen LogP contribution >= 0.6 is 11.3 Å². The first-order chi connectivity index (χ1) is 14.4. The van der Waals surface area contributed by atoms with Gasteiger partial charge >= 0.3 is 6.18 Å². The van der Waals surface area contributed by atoms with E-state index in [-0.39, 0.29) is 0 Å². The Balaban J connectivity index is 1.46. The number of alkyl halides is 3. The van der Waals surface area contributed by atoms with Crippen LogP contribution in [0.5, 0.6) is 11.5 Å². The van der Waals surface area contributed by atoms with Crippen molar-refractivity contribution in [1.82, 2.24) is 14.9 Å². The lowest BCUT2D eigenvalue weighted by atomic mass is 10.1. The molecular formula is C21H20F3N3O2S. The molecule has 3 aromatic rings. The number of thiophene rings is 1. The Morgan fingerprint density at radius 3 is 2.63 bits per heavy atom. The number of methoxy groups -OCH3 is 2. The molecule has 1 aliphatic heterocycles. The maximum absolute atomic E-state index is 12.8. The van der Waals surface area contributed by atoms with E-state index in [1.54, 1.807) is 25.6 Å². The highest BCUT2D eigenvalue weighted by Gasteiger charge is 2.35. The second kappa shape index (κ2) is 8.23. The van der Waals surface area contributed by atoms with Crippen molar-refractivity contribution < 1.29 is 22.6 Å². The Hall–Kier alpha value is -2.65. The number of nitrogens with zero attached hydrogens (tertiary/aromatic N) is 3. The van der Waals surface area contributed by atoms with E-state index in [2.05, 4.69) is 27.0 Å². The second-order valence-electron chi connectivity index (χ2n) is 6.96. The number of fused-ring (bicyclic) bond motifs is 1. The number of hydrogen-bond acceptors (Lipinski definition) is 6. The maximum Gasteiger partial charge on any atom is 0.451 e. The highest BCUT2D eigenvalue weighted by molar-refractivity contribution is 7.15. The molecule has 0 saturated heterocycles. The van der Waals surface area contributed by atoms with Crippen LogP contribution in [0.4, 0.5) is 13.2 Å². The van der Waals surface area contributed by atoms with Crippen LogP contribution in [0, 0.1) is 0 Å². The number of halogens is 3. The van der Waals surface area contributed by atoms with Crippen LogP contribution in [-0.4, -0.2) is 35.6 Å². The van der Waals surface area contributed by atoms with Gasteiger partial charge in [-0.3, -0.25) is 4.90 Å². The van der Waals surface area contributed by atoms with Crippen molar-refractivity contribution in [2.24, 2.45) is 0 Å². The lowest BCUT2D eigenvalue weighted by Crippen LogP contribution is -2.31. The number of rotatable bonds is 5. The summed E-state index contributed by atoms with van der Waals surface area (Å²) in [6.45, 7) is 1.92. The molecule has 0 spiro atoms. The fraction of sp³-hybridized carbons (Fsp3) is 0.333. The van der Waals surface area contributed by atoms with E-state index in [9.17, 15) is 13.2 Å². The molecule has 5 nitrogen and oxygen atoms in total. The Morgan fingerprint density at radius 2 is 1.90 bits per heavy atom. The van der Waals surface area contributed by atoms with Crippen LogP contribution in [0.1, 0.15) is 22.0 Å². The number of aromatic nitrogens is 2. The van der Waals surface area contributed by atoms with Gasteiger partial charge in [0, 0.05) is 47.6 Å². The summed E-state index contributed by atoms with van der Waals surface area (Å²) in [5, 5.41) is 0. The Bertz CT molecular complexity index is 1050. The summed E-state index contributed by atoms with van der Waals surface area (Å²) < 4.78 is 49.1. The summed E-state index contributed by atoms with van der Waals surface area (Å²) in [7, 11) is 3.21. The van der Waals surface area contributed by atoms with Gasteiger partial charge in [0.1, 0.15) is 0 Å². The average Bonchev–Trinajstić information content (AvgIpc) is 3.20. The molecule has 30 heavy (non-hydrogen) atoms. The van der Waals surface area contributed by atoms with E-state index in [0.29, 0.717) is 36.7 Å². The fourth-order valence-corrected chi connectivity index (χ4v) is 4.52. The Labute approximate surface area is 176 Å². The molecule has 9 heteroatoms. The molecule has 0 saturated carbocycles. The smallest absolute Gasteiger partial charge is 0.451 e. The predicted octanol–water partition coefficient (Wildman–Crippen LogP) is 4.80. The van der Waals surface area contributed by atoms with Crippen molar-refractivity contribution in [2.75, 3.05) is 20.8 Å². The summed E-state index contributed by atoms with van der Waals surface area (Å²) in [4.78, 5) is 11.7. The molecular weight excluding hydrogens is 415 g/mol. The standard InChI is InChI=1S/C21H20F3N3O2S/c1-28-17-5-3-13(9-18(17)29-2)19-6-4-15(30-19)12-27-8-7-16-14(11-27)10-25-20(26-16)21(22,23)24/h3-6,9-10H,7-8,11-12H2,1-2H3. The van der Waals surface area contributed by atoms with Crippen LogP contribution in [-0.2, 0) is 25.7 Å². The van der Waals surface area contributed by atoms with Crippen molar-refractivity contribution in [3.63, 3.8) is 0 Å². The number of hydrogen-bond donors (Lipinski definition) is 0. The van der Waals surface area contributed by atoms with Crippen molar-refractivity contribution >= 4 is 11.3 Å². The fourth-order valence-electron chi connectivity index (χ4n) is 3.47. The molecule has 0 bridgehead atoms. The molecule has 0 aliphatic carbocycles. The third-order valence-electron chi connectivity index (χ3n) is 4.98. The van der Waals surface area contributed by atoms with Gasteiger partial charge in [0.2, 0.25) is 5.82 Å². The Kier molecular flexibility index (Phi) is 5.66. The summed E-state index contributed by atoms with van der Waals surface area (Å²) in [6.07, 6.45) is -2.72. The molecule has 3 heterocycles. The molecule has 158 valence electrons.